The van der Waals surface area contributed by atoms with Crippen molar-refractivity contribution >= 4 is 0 Å². The fraction of sp³-hybridized carbons (Fsp3) is 0.680. The molecule has 0 aliphatic carbocycles. The Hall–Kier alpha value is -1.44. The quantitative estimate of drug-likeness (QED) is 0.316. The van der Waals surface area contributed by atoms with Crippen LogP contribution in [0, 0.1) is 0 Å². The minimum Gasteiger partial charge on any atom is -0.354 e. The van der Waals surface area contributed by atoms with Gasteiger partial charge in [0.15, 0.2) is 0 Å². The van der Waals surface area contributed by atoms with Crippen molar-refractivity contribution in [3.63, 3.8) is 0 Å². The molecular formula is C25H42N2. The Morgan fingerprint density at radius 3 is 1.96 bits per heavy atom. The van der Waals surface area contributed by atoms with Crippen molar-refractivity contribution in [3.8, 4) is 0 Å². The summed E-state index contributed by atoms with van der Waals surface area (Å²) in [4.78, 5) is 5.07. The van der Waals surface area contributed by atoms with Crippen molar-refractivity contribution in [2.24, 2.45) is 0 Å². The Kier molecular flexibility index (Phi) is 10.4. The van der Waals surface area contributed by atoms with Crippen LogP contribution in [-0.2, 0) is 6.54 Å². The smallest absolute Gasteiger partial charge is 0.101 e. The average Bonchev–Trinajstić information content (AvgIpc) is 3.07. The zero-order valence-corrected chi connectivity index (χ0v) is 18.1. The van der Waals surface area contributed by atoms with Gasteiger partial charge in [0.1, 0.15) is 6.17 Å². The van der Waals surface area contributed by atoms with E-state index in [4.69, 9.17) is 0 Å². The number of nitrogens with zero attached hydrogens (tertiary/aromatic N) is 2. The molecule has 2 rings (SSSR count). The second-order valence-corrected chi connectivity index (χ2v) is 8.45. The molecule has 0 bridgehead atoms. The lowest BCUT2D eigenvalue weighted by molar-refractivity contribution is 0.110. The van der Waals surface area contributed by atoms with Crippen molar-refractivity contribution in [2.45, 2.75) is 110 Å². The molecule has 1 aliphatic rings. The van der Waals surface area contributed by atoms with E-state index in [1.165, 1.54) is 76.2 Å². The van der Waals surface area contributed by atoms with Gasteiger partial charge < -0.3 is 9.80 Å². The molecule has 1 heterocycles. The summed E-state index contributed by atoms with van der Waals surface area (Å²) in [6, 6.07) is 11.4. The van der Waals surface area contributed by atoms with Gasteiger partial charge >= 0.3 is 0 Å². The number of unbranched alkanes of at least 4 members (excludes halogenated alkanes) is 9. The largest absolute Gasteiger partial charge is 0.354 e. The molecule has 0 N–H and O–H groups in total. The van der Waals surface area contributed by atoms with E-state index in [1.807, 2.05) is 0 Å². The fourth-order valence-electron chi connectivity index (χ4n) is 4.13. The topological polar surface area (TPSA) is 6.48 Å². The normalized spacial score (nSPS) is 16.7. The van der Waals surface area contributed by atoms with Gasteiger partial charge in [-0.1, -0.05) is 95.0 Å². The van der Waals surface area contributed by atoms with Crippen molar-refractivity contribution in [2.75, 3.05) is 0 Å². The van der Waals surface area contributed by atoms with E-state index < -0.39 is 0 Å². The molecule has 0 fully saturated rings. The second kappa shape index (κ2) is 12.9. The zero-order chi connectivity index (χ0) is 19.3. The number of benzene rings is 1. The Bertz CT molecular complexity index is 508. The SMILES string of the molecule is CCCCCCCCCCCCC1N(Cc2ccccc2)C=CN1C(C)C. The van der Waals surface area contributed by atoms with Gasteiger partial charge in [-0.2, -0.15) is 0 Å². The molecule has 1 atom stereocenters. The Morgan fingerprint density at radius 1 is 0.778 bits per heavy atom. The highest BCUT2D eigenvalue weighted by Gasteiger charge is 2.27. The molecule has 0 spiro atoms. The summed E-state index contributed by atoms with van der Waals surface area (Å²) in [5.74, 6) is 0. The Balaban J connectivity index is 1.66. The van der Waals surface area contributed by atoms with Crippen LogP contribution in [0.1, 0.15) is 97.0 Å². The van der Waals surface area contributed by atoms with E-state index >= 15 is 0 Å². The highest BCUT2D eigenvalue weighted by molar-refractivity contribution is 5.16. The maximum absolute atomic E-state index is 2.54. The molecule has 27 heavy (non-hydrogen) atoms. The molecule has 1 unspecified atom stereocenters. The zero-order valence-electron chi connectivity index (χ0n) is 18.1. The monoisotopic (exact) mass is 370 g/mol. The highest BCUT2D eigenvalue weighted by atomic mass is 15.4. The van der Waals surface area contributed by atoms with Gasteiger partial charge in [-0.15, -0.1) is 0 Å². The van der Waals surface area contributed by atoms with E-state index in [0.717, 1.165) is 6.54 Å². The molecule has 152 valence electrons. The van der Waals surface area contributed by atoms with Crippen molar-refractivity contribution in [1.82, 2.24) is 9.80 Å². The maximum atomic E-state index is 2.54. The molecule has 0 saturated heterocycles. The number of rotatable bonds is 14. The molecular weight excluding hydrogens is 328 g/mol. The van der Waals surface area contributed by atoms with E-state index in [9.17, 15) is 0 Å². The van der Waals surface area contributed by atoms with Crippen LogP contribution in [0.2, 0.25) is 0 Å². The van der Waals surface area contributed by atoms with Crippen LogP contribution in [0.25, 0.3) is 0 Å². The van der Waals surface area contributed by atoms with Gasteiger partial charge in [-0.3, -0.25) is 0 Å². The molecule has 0 saturated carbocycles. The van der Waals surface area contributed by atoms with Crippen LogP contribution < -0.4 is 0 Å². The van der Waals surface area contributed by atoms with E-state index in [2.05, 4.69) is 73.3 Å². The van der Waals surface area contributed by atoms with Gasteiger partial charge in [0, 0.05) is 25.0 Å². The van der Waals surface area contributed by atoms with Gasteiger partial charge in [0.25, 0.3) is 0 Å². The average molecular weight is 371 g/mol. The predicted octanol–water partition coefficient (Wildman–Crippen LogP) is 7.32. The molecule has 1 aromatic carbocycles. The van der Waals surface area contributed by atoms with Crippen LogP contribution >= 0.6 is 0 Å². The first-order valence-corrected chi connectivity index (χ1v) is 11.5. The van der Waals surface area contributed by atoms with Crippen molar-refractivity contribution < 1.29 is 0 Å². The molecule has 0 aromatic heterocycles. The van der Waals surface area contributed by atoms with Crippen LogP contribution in [0.3, 0.4) is 0 Å². The summed E-state index contributed by atoms with van der Waals surface area (Å²) in [5, 5.41) is 0. The molecule has 2 nitrogen and oxygen atoms in total. The van der Waals surface area contributed by atoms with Crippen LogP contribution in [0.4, 0.5) is 0 Å². The first-order chi connectivity index (χ1) is 13.2. The minimum atomic E-state index is 0.527. The van der Waals surface area contributed by atoms with Crippen molar-refractivity contribution in [3.05, 3.63) is 48.3 Å². The van der Waals surface area contributed by atoms with Crippen molar-refractivity contribution in [1.29, 1.82) is 0 Å². The van der Waals surface area contributed by atoms with E-state index in [-0.39, 0.29) is 0 Å². The number of hydrogen-bond acceptors (Lipinski definition) is 2. The first-order valence-electron chi connectivity index (χ1n) is 11.5. The summed E-state index contributed by atoms with van der Waals surface area (Å²) >= 11 is 0. The lowest BCUT2D eigenvalue weighted by atomic mass is 10.0. The second-order valence-electron chi connectivity index (χ2n) is 8.45. The lowest BCUT2D eigenvalue weighted by Crippen LogP contribution is -2.41. The van der Waals surface area contributed by atoms with Gasteiger partial charge in [0.05, 0.1) is 0 Å². The standard InChI is InChI=1S/C25H42N2/c1-4-5-6-7-8-9-10-11-12-16-19-25-26(20-21-27(25)23(2)3)22-24-17-14-13-15-18-24/h13-15,17-18,20-21,23,25H,4-12,16,19,22H2,1-3H3. The molecule has 1 aromatic rings. The summed E-state index contributed by atoms with van der Waals surface area (Å²) in [5.41, 5.74) is 1.40. The predicted molar refractivity (Wildman–Crippen MR) is 118 cm³/mol. The highest BCUT2D eigenvalue weighted by Crippen LogP contribution is 2.25. The molecule has 2 heteroatoms. The summed E-state index contributed by atoms with van der Waals surface area (Å²) in [6.45, 7) is 7.92. The molecule has 0 amide bonds. The third-order valence-corrected chi connectivity index (χ3v) is 5.78. The summed E-state index contributed by atoms with van der Waals surface area (Å²) in [7, 11) is 0. The van der Waals surface area contributed by atoms with Crippen LogP contribution in [0.5, 0.6) is 0 Å². The third-order valence-electron chi connectivity index (χ3n) is 5.78. The van der Waals surface area contributed by atoms with E-state index in [1.54, 1.807) is 0 Å². The number of hydrogen-bond donors (Lipinski definition) is 0. The summed E-state index contributed by atoms with van der Waals surface area (Å²) < 4.78 is 0. The Morgan fingerprint density at radius 2 is 1.37 bits per heavy atom. The van der Waals surface area contributed by atoms with Gasteiger partial charge in [0.2, 0.25) is 0 Å². The minimum absolute atomic E-state index is 0.527. The molecule has 1 aliphatic heterocycles. The van der Waals surface area contributed by atoms with Gasteiger partial charge in [-0.05, 0) is 32.3 Å². The first kappa shape index (κ1) is 21.9. The summed E-state index contributed by atoms with van der Waals surface area (Å²) in [6.07, 6.45) is 20.5. The van der Waals surface area contributed by atoms with Crippen LogP contribution in [0.15, 0.2) is 42.7 Å². The van der Waals surface area contributed by atoms with E-state index in [0.29, 0.717) is 12.2 Å². The molecule has 0 radical (unpaired) electrons. The lowest BCUT2D eigenvalue weighted by Gasteiger charge is -2.35. The third kappa shape index (κ3) is 7.99. The maximum Gasteiger partial charge on any atom is 0.101 e. The fourth-order valence-corrected chi connectivity index (χ4v) is 4.13. The van der Waals surface area contributed by atoms with Crippen LogP contribution in [-0.4, -0.2) is 22.0 Å². The van der Waals surface area contributed by atoms with Gasteiger partial charge in [-0.25, -0.2) is 0 Å². The Labute approximate surface area is 168 Å².